The fraction of sp³-hybridized carbons (Fsp3) is 0.823. The van der Waals surface area contributed by atoms with Crippen LogP contribution in [-0.4, -0.2) is 87.5 Å². The number of unbranched alkanes of at least 4 members (excludes halogenated alkanes) is 31. The molecule has 1 rings (SSSR count). The summed E-state index contributed by atoms with van der Waals surface area (Å²) < 4.78 is 11.2. The number of rotatable bonds is 51. The molecule has 1 aliphatic heterocycles. The van der Waals surface area contributed by atoms with Crippen molar-refractivity contribution in [1.29, 1.82) is 0 Å². The maximum Gasteiger partial charge on any atom is 0.220 e. The van der Waals surface area contributed by atoms with Gasteiger partial charge in [-0.25, -0.2) is 0 Å². The second-order valence-corrected chi connectivity index (χ2v) is 20.8. The molecule has 1 saturated heterocycles. The molecule has 0 aromatic rings. The molecule has 1 aliphatic rings. The Hall–Kier alpha value is -2.11. The van der Waals surface area contributed by atoms with Crippen molar-refractivity contribution in [1.82, 2.24) is 5.32 Å². The Morgan fingerprint density at radius 1 is 0.493 bits per heavy atom. The van der Waals surface area contributed by atoms with Crippen LogP contribution >= 0.6 is 0 Å². The van der Waals surface area contributed by atoms with Crippen molar-refractivity contribution in [3.63, 3.8) is 0 Å². The second kappa shape index (κ2) is 51.4. The van der Waals surface area contributed by atoms with Crippen molar-refractivity contribution in [2.45, 2.75) is 314 Å². The topological polar surface area (TPSA) is 149 Å². The molecule has 1 fully saturated rings. The third-order valence-corrected chi connectivity index (χ3v) is 14.1. The van der Waals surface area contributed by atoms with Crippen LogP contribution in [-0.2, 0) is 14.3 Å². The van der Waals surface area contributed by atoms with Crippen LogP contribution in [0.25, 0.3) is 0 Å². The van der Waals surface area contributed by atoms with E-state index in [2.05, 4.69) is 79.9 Å². The lowest BCUT2D eigenvalue weighted by Crippen LogP contribution is -2.60. The van der Waals surface area contributed by atoms with E-state index in [0.29, 0.717) is 12.8 Å². The number of nitrogens with one attached hydrogen (secondary N) is 1. The van der Waals surface area contributed by atoms with E-state index in [1.807, 2.05) is 0 Å². The van der Waals surface area contributed by atoms with E-state index in [-0.39, 0.29) is 12.5 Å². The van der Waals surface area contributed by atoms with E-state index in [1.54, 1.807) is 0 Å². The second-order valence-electron chi connectivity index (χ2n) is 20.8. The lowest BCUT2D eigenvalue weighted by atomic mass is 9.99. The van der Waals surface area contributed by atoms with Gasteiger partial charge in [0.25, 0.3) is 0 Å². The van der Waals surface area contributed by atoms with Crippen LogP contribution in [0.4, 0.5) is 0 Å². The Labute approximate surface area is 436 Å². The molecule has 0 spiro atoms. The summed E-state index contributed by atoms with van der Waals surface area (Å²) >= 11 is 0. The van der Waals surface area contributed by atoms with Crippen LogP contribution in [0.15, 0.2) is 60.8 Å². The standard InChI is InChI=1S/C62H113NO8/c1-3-5-7-9-11-12-13-14-15-16-17-18-19-20-21-22-23-24-25-26-27-28-29-30-31-32-33-34-35-36-37-38-39-40-41-42-43-44-46-48-50-52-58(66)63-55(56(65)51-49-47-45-10-8-6-4-2)54-70-62-61(69)60(68)59(67)57(53-64)71-62/h5,7,11-12,14-15,17-18,20-21,55-57,59-62,64-65,67-69H,3-4,6,8-10,13,16,19,22-54H2,1-2H3,(H,63,66)/b7-5-,12-11-,15-14-,18-17-,21-20-. The summed E-state index contributed by atoms with van der Waals surface area (Å²) in [6, 6.07) is -0.714. The Balaban J connectivity index is 1.95. The molecular weight excluding hydrogens is 887 g/mol. The maximum absolute atomic E-state index is 13.0. The van der Waals surface area contributed by atoms with E-state index >= 15 is 0 Å². The first-order valence-corrected chi connectivity index (χ1v) is 30.0. The minimum Gasteiger partial charge on any atom is -0.394 e. The van der Waals surface area contributed by atoms with Gasteiger partial charge in [-0.2, -0.15) is 0 Å². The van der Waals surface area contributed by atoms with Crippen molar-refractivity contribution in [3.8, 4) is 0 Å². The number of carbonyl (C=O) groups excluding carboxylic acids is 1. The van der Waals surface area contributed by atoms with Gasteiger partial charge in [-0.1, -0.05) is 267 Å². The number of carbonyl (C=O) groups is 1. The summed E-state index contributed by atoms with van der Waals surface area (Å²) in [6.07, 6.45) is 63.2. The van der Waals surface area contributed by atoms with Crippen molar-refractivity contribution >= 4 is 5.91 Å². The van der Waals surface area contributed by atoms with E-state index < -0.39 is 49.5 Å². The maximum atomic E-state index is 13.0. The first kappa shape index (κ1) is 66.9. The third-order valence-electron chi connectivity index (χ3n) is 14.1. The number of hydrogen-bond donors (Lipinski definition) is 6. The first-order chi connectivity index (χ1) is 34.8. The molecular formula is C62H113NO8. The summed E-state index contributed by atoms with van der Waals surface area (Å²) in [5, 5.41) is 54.2. The summed E-state index contributed by atoms with van der Waals surface area (Å²) in [6.45, 7) is 3.68. The molecule has 0 saturated carbocycles. The van der Waals surface area contributed by atoms with Crippen LogP contribution < -0.4 is 5.32 Å². The highest BCUT2D eigenvalue weighted by Crippen LogP contribution is 2.23. The van der Waals surface area contributed by atoms with Gasteiger partial charge < -0.3 is 40.3 Å². The molecule has 0 aromatic heterocycles. The third kappa shape index (κ3) is 40.9. The number of hydrogen-bond acceptors (Lipinski definition) is 8. The molecule has 414 valence electrons. The number of allylic oxidation sites excluding steroid dienone is 10. The van der Waals surface area contributed by atoms with Crippen LogP contribution in [0.1, 0.15) is 271 Å². The molecule has 0 aliphatic carbocycles. The van der Waals surface area contributed by atoms with Crippen LogP contribution in [0.3, 0.4) is 0 Å². The van der Waals surface area contributed by atoms with Crippen molar-refractivity contribution < 1.29 is 39.8 Å². The fourth-order valence-electron chi connectivity index (χ4n) is 9.43. The molecule has 6 N–H and O–H groups in total. The highest BCUT2D eigenvalue weighted by Gasteiger charge is 2.44. The zero-order valence-corrected chi connectivity index (χ0v) is 46.0. The van der Waals surface area contributed by atoms with Gasteiger partial charge in [0.05, 0.1) is 25.4 Å². The molecule has 0 bridgehead atoms. The monoisotopic (exact) mass is 1000 g/mol. The predicted molar refractivity (Wildman–Crippen MR) is 299 cm³/mol. The average molecular weight is 1000 g/mol. The zero-order valence-electron chi connectivity index (χ0n) is 46.0. The van der Waals surface area contributed by atoms with Gasteiger partial charge in [0.1, 0.15) is 24.4 Å². The highest BCUT2D eigenvalue weighted by atomic mass is 16.7. The first-order valence-electron chi connectivity index (χ1n) is 30.0. The van der Waals surface area contributed by atoms with Gasteiger partial charge in [-0.05, 0) is 57.8 Å². The van der Waals surface area contributed by atoms with E-state index in [1.165, 1.54) is 173 Å². The molecule has 9 heteroatoms. The Morgan fingerprint density at radius 2 is 0.873 bits per heavy atom. The largest absolute Gasteiger partial charge is 0.394 e. The number of aliphatic hydroxyl groups is 5. The van der Waals surface area contributed by atoms with Gasteiger partial charge in [0.2, 0.25) is 5.91 Å². The Bertz CT molecular complexity index is 1300. The SMILES string of the molecule is CC/C=C\C/C=C\C/C=C\C/C=C\C/C=C\CCCCCCCCCCCCCCCCCCCCCCCCCCCC(=O)NC(COC1OC(CO)C(O)C(O)C1O)C(O)CCCCCCCCC. The minimum absolute atomic E-state index is 0.137. The minimum atomic E-state index is -1.55. The van der Waals surface area contributed by atoms with E-state index in [4.69, 9.17) is 9.47 Å². The van der Waals surface area contributed by atoms with Crippen LogP contribution in [0, 0.1) is 0 Å². The van der Waals surface area contributed by atoms with Gasteiger partial charge in [0, 0.05) is 6.42 Å². The fourth-order valence-corrected chi connectivity index (χ4v) is 9.43. The van der Waals surface area contributed by atoms with Crippen molar-refractivity contribution in [2.75, 3.05) is 13.2 Å². The Kier molecular flexibility index (Phi) is 48.4. The van der Waals surface area contributed by atoms with Crippen LogP contribution in [0.5, 0.6) is 0 Å². The molecule has 1 amide bonds. The number of amides is 1. The summed E-state index contributed by atoms with van der Waals surface area (Å²) in [5.74, 6) is -0.145. The van der Waals surface area contributed by atoms with Crippen molar-refractivity contribution in [3.05, 3.63) is 60.8 Å². The quantitative estimate of drug-likeness (QED) is 0.0261. The van der Waals surface area contributed by atoms with E-state index in [0.717, 1.165) is 70.6 Å². The van der Waals surface area contributed by atoms with Crippen LogP contribution in [0.2, 0.25) is 0 Å². The van der Waals surface area contributed by atoms with E-state index in [9.17, 15) is 30.3 Å². The van der Waals surface area contributed by atoms with Gasteiger partial charge in [-0.3, -0.25) is 4.79 Å². The summed E-state index contributed by atoms with van der Waals surface area (Å²) in [5.41, 5.74) is 0. The van der Waals surface area contributed by atoms with Gasteiger partial charge in [0.15, 0.2) is 6.29 Å². The summed E-state index contributed by atoms with van der Waals surface area (Å²) in [4.78, 5) is 13.0. The molecule has 1 heterocycles. The molecule has 7 unspecified atom stereocenters. The lowest BCUT2D eigenvalue weighted by Gasteiger charge is -2.40. The lowest BCUT2D eigenvalue weighted by molar-refractivity contribution is -0.302. The average Bonchev–Trinajstić information content (AvgIpc) is 3.37. The highest BCUT2D eigenvalue weighted by molar-refractivity contribution is 5.76. The number of aliphatic hydroxyl groups excluding tert-OH is 5. The van der Waals surface area contributed by atoms with Gasteiger partial charge >= 0.3 is 0 Å². The molecule has 0 aromatic carbocycles. The summed E-state index contributed by atoms with van der Waals surface area (Å²) in [7, 11) is 0. The smallest absolute Gasteiger partial charge is 0.220 e. The molecule has 9 nitrogen and oxygen atoms in total. The molecule has 7 atom stereocenters. The number of ether oxygens (including phenoxy) is 2. The zero-order chi connectivity index (χ0) is 51.5. The van der Waals surface area contributed by atoms with Crippen molar-refractivity contribution in [2.24, 2.45) is 0 Å². The predicted octanol–water partition coefficient (Wildman–Crippen LogP) is 15.1. The Morgan fingerprint density at radius 3 is 1.30 bits per heavy atom. The molecule has 0 radical (unpaired) electrons. The normalized spacial score (nSPS) is 19.7. The van der Waals surface area contributed by atoms with Gasteiger partial charge in [-0.15, -0.1) is 0 Å². The molecule has 71 heavy (non-hydrogen) atoms.